The van der Waals surface area contributed by atoms with Gasteiger partial charge in [-0.3, -0.25) is 4.90 Å². The fourth-order valence-corrected chi connectivity index (χ4v) is 25.6. The molecular weight excluding hydrogens is 819 g/mol. The van der Waals surface area contributed by atoms with E-state index in [0.29, 0.717) is 0 Å². The Morgan fingerprint density at radius 1 is 0.279 bits per heavy atom. The molecule has 0 radical (unpaired) electrons. The van der Waals surface area contributed by atoms with Gasteiger partial charge in [0.1, 0.15) is 0 Å². The van der Waals surface area contributed by atoms with E-state index in [1.807, 2.05) is 0 Å². The van der Waals surface area contributed by atoms with E-state index in [-0.39, 0.29) is 16.9 Å². The Morgan fingerprint density at radius 2 is 0.456 bits per heavy atom. The highest BCUT2D eigenvalue weighted by Crippen LogP contribution is 2.86. The van der Waals surface area contributed by atoms with Crippen LogP contribution in [0.25, 0.3) is 291 Å². The lowest BCUT2D eigenvalue weighted by Gasteiger charge is -2.51. The first kappa shape index (κ1) is 25.1. The monoisotopic (exact) mass is 829 g/mol. The topological polar surface area (TPSA) is 3.24 Å². The Labute approximate surface area is 371 Å². The zero-order chi connectivity index (χ0) is 40.5. The van der Waals surface area contributed by atoms with Gasteiger partial charge in [0, 0.05) is 19.1 Å². The number of nitrogens with zero attached hydrogens (tertiary/aromatic N) is 1. The Kier molecular flexibility index (Phi) is 2.07. The number of hydrogen-bond donors (Lipinski definition) is 0. The van der Waals surface area contributed by atoms with Gasteiger partial charge >= 0.3 is 0 Å². The number of rotatable bonds is 3. The average molecular weight is 830 g/mol. The third-order valence-corrected chi connectivity index (χ3v) is 25.4. The molecule has 0 bridgehead atoms. The molecular formula is C67H11N. The first-order chi connectivity index (χ1) is 33.9. The molecule has 1 aliphatic heterocycles. The summed E-state index contributed by atoms with van der Waals surface area (Å²) in [6.07, 6.45) is 4.71. The molecule has 5 aliphatic rings. The van der Waals surface area contributed by atoms with Gasteiger partial charge in [-0.25, -0.2) is 0 Å². The largest absolute Gasteiger partial charge is 0.291 e. The lowest BCUT2D eigenvalue weighted by molar-refractivity contribution is 0.292. The van der Waals surface area contributed by atoms with Gasteiger partial charge in [-0.15, -0.1) is 13.2 Å². The van der Waals surface area contributed by atoms with Gasteiger partial charge in [0.15, 0.2) is 0 Å². The van der Waals surface area contributed by atoms with Crippen molar-refractivity contribution in [2.24, 2.45) is 0 Å². The number of likely N-dealkylation sites (tertiary alicyclic amines) is 1. The van der Waals surface area contributed by atoms with E-state index in [1.54, 1.807) is 313 Å². The van der Waals surface area contributed by atoms with E-state index >= 15 is 0 Å². The summed E-state index contributed by atoms with van der Waals surface area (Å²) in [5.74, 6) is 0. The van der Waals surface area contributed by atoms with Crippen molar-refractivity contribution in [2.75, 3.05) is 13.1 Å². The SMILES string of the molecule is C=CCN1CC23c4c5c6c7c8c9c(c%10c%11c2c2c4c4c%12c5c5c6c6c8c8c%13c9c9c%10c%10c%11c%11c2c2c4c4c%12c%12c5c5c6c8c6c8c%13c9c9c%10c%10c%11c2c2c4c4c%12c5c6c5c8c9c%10c2c45)C73C1C=C. The van der Waals surface area contributed by atoms with Crippen molar-refractivity contribution in [2.45, 2.75) is 16.9 Å². The molecule has 1 nitrogen and oxygen atoms in total. The Balaban J connectivity index is 1.23. The zero-order valence-corrected chi connectivity index (χ0v) is 35.0. The van der Waals surface area contributed by atoms with Crippen molar-refractivity contribution < 1.29 is 0 Å². The molecule has 0 aromatic heterocycles. The van der Waals surface area contributed by atoms with E-state index < -0.39 is 0 Å². The molecule has 0 saturated carbocycles. The average Bonchev–Trinajstić information content (AvgIpc) is 4.22. The second-order valence-corrected chi connectivity index (χ2v) is 25.4. The summed E-state index contributed by atoms with van der Waals surface area (Å²) in [4.78, 5) is 2.91. The highest BCUT2D eigenvalue weighted by molar-refractivity contribution is 6.82. The van der Waals surface area contributed by atoms with Crippen molar-refractivity contribution in [1.29, 1.82) is 0 Å². The van der Waals surface area contributed by atoms with Crippen molar-refractivity contribution in [3.8, 4) is 0 Å². The van der Waals surface area contributed by atoms with Gasteiger partial charge in [-0.1, -0.05) is 12.2 Å². The Bertz CT molecular complexity index is 6950. The standard InChI is InChI=1S/C67H11N/c1-3-5-68-6-66-62-54-46-36-26-18-10-8-9-12-16-14(10)22-30-24(16)34-28-20(12)21-13(9)17-15-11(8)19(18)27-33-23(15)31-25(17)35-29(21)39-38(28)50-44(34)52-42(30)48(40(46)32(22)26)56(62)58(52)64-60(50)61-51(39)45(35)53-43(31)49-41(33)47(37(27)36)55(54)63(66)57(49)59(53)65(61)67(64,66)7(68)4-2/h3-4,7H,1-2,5-6H2. The lowest BCUT2D eigenvalue weighted by atomic mass is 9.48. The summed E-state index contributed by atoms with van der Waals surface area (Å²) in [5.41, 5.74) is 6.44. The maximum Gasteiger partial charge on any atom is 0.0569 e. The lowest BCUT2D eigenvalue weighted by Crippen LogP contribution is -2.54. The van der Waals surface area contributed by atoms with Crippen LogP contribution in [0.4, 0.5) is 0 Å². The van der Waals surface area contributed by atoms with E-state index in [4.69, 9.17) is 6.58 Å². The van der Waals surface area contributed by atoms with Crippen LogP contribution in [0, 0.1) is 0 Å². The molecule has 0 amide bonds. The quantitative estimate of drug-likeness (QED) is 0.127. The molecule has 1 fully saturated rings. The third kappa shape index (κ3) is 1.27. The van der Waals surface area contributed by atoms with Gasteiger partial charge in [-0.05, 0) is 313 Å². The molecule has 0 N–H and O–H groups in total. The molecule has 1 saturated heterocycles. The van der Waals surface area contributed by atoms with Crippen molar-refractivity contribution in [3.63, 3.8) is 0 Å². The predicted molar refractivity (Wildman–Crippen MR) is 290 cm³/mol. The molecule has 1 atom stereocenters. The van der Waals surface area contributed by atoms with E-state index in [9.17, 15) is 0 Å². The van der Waals surface area contributed by atoms with Crippen molar-refractivity contribution >= 4 is 291 Å². The van der Waals surface area contributed by atoms with Crippen LogP contribution in [0.5, 0.6) is 0 Å². The molecule has 68 heavy (non-hydrogen) atoms. The Morgan fingerprint density at radius 3 is 0.632 bits per heavy atom. The second kappa shape index (κ2) is 5.59. The zero-order valence-electron chi connectivity index (χ0n) is 35.0. The minimum absolute atomic E-state index is 0.135. The second-order valence-electron chi connectivity index (χ2n) is 25.4. The van der Waals surface area contributed by atoms with Crippen molar-refractivity contribution in [3.05, 3.63) is 47.6 Å². The smallest absolute Gasteiger partial charge is 0.0569 e. The first-order valence-corrected chi connectivity index (χ1v) is 25.6. The molecule has 33 rings (SSSR count). The highest BCUT2D eigenvalue weighted by atomic mass is 15.2. The molecule has 1 heteroatoms. The van der Waals surface area contributed by atoms with E-state index in [0.717, 1.165) is 13.1 Å². The maximum atomic E-state index is 5.00. The third-order valence-electron chi connectivity index (χ3n) is 25.4. The molecule has 28 aromatic rings. The van der Waals surface area contributed by atoms with Crippen LogP contribution in [-0.4, -0.2) is 24.0 Å². The van der Waals surface area contributed by atoms with Gasteiger partial charge in [-0.2, -0.15) is 0 Å². The molecule has 284 valence electrons. The molecule has 1 heterocycles. The van der Waals surface area contributed by atoms with Crippen LogP contribution in [0.3, 0.4) is 0 Å². The van der Waals surface area contributed by atoms with Crippen LogP contribution in [0.1, 0.15) is 22.3 Å². The normalized spacial score (nSPS) is 24.2. The Hall–Kier alpha value is -8.10. The fraction of sp³-hybridized carbons (Fsp3) is 0.0746. The number of benzene rings is 18. The number of hydrogen-bond acceptors (Lipinski definition) is 1. The van der Waals surface area contributed by atoms with Crippen molar-refractivity contribution in [1.82, 2.24) is 4.90 Å². The molecule has 1 unspecified atom stereocenters. The minimum Gasteiger partial charge on any atom is -0.291 e. The predicted octanol–water partition coefficient (Wildman–Crippen LogP) is 17.4. The summed E-state index contributed by atoms with van der Waals surface area (Å²) in [6, 6.07) is 0.135. The van der Waals surface area contributed by atoms with E-state index in [2.05, 4.69) is 23.6 Å². The van der Waals surface area contributed by atoms with Crippen LogP contribution < -0.4 is 0 Å². The fourth-order valence-electron chi connectivity index (χ4n) is 25.6. The molecule has 2 spiro atoms. The van der Waals surface area contributed by atoms with Gasteiger partial charge < -0.3 is 0 Å². The minimum atomic E-state index is -0.302. The van der Waals surface area contributed by atoms with Gasteiger partial charge in [0.05, 0.1) is 10.8 Å². The highest BCUT2D eigenvalue weighted by Gasteiger charge is 2.75. The first-order valence-electron chi connectivity index (χ1n) is 25.6. The summed E-state index contributed by atoms with van der Waals surface area (Å²) < 4.78 is 0. The molecule has 4 aliphatic carbocycles. The maximum absolute atomic E-state index is 5.00. The van der Waals surface area contributed by atoms with Crippen LogP contribution >= 0.6 is 0 Å². The van der Waals surface area contributed by atoms with E-state index in [1.165, 1.54) is 0 Å². The van der Waals surface area contributed by atoms with Gasteiger partial charge in [0.25, 0.3) is 0 Å². The van der Waals surface area contributed by atoms with Crippen LogP contribution in [0.2, 0.25) is 0 Å². The van der Waals surface area contributed by atoms with Crippen LogP contribution in [0.15, 0.2) is 25.3 Å². The van der Waals surface area contributed by atoms with Gasteiger partial charge in [0.2, 0.25) is 0 Å². The summed E-state index contributed by atoms with van der Waals surface area (Å²) in [7, 11) is 0. The summed E-state index contributed by atoms with van der Waals surface area (Å²) >= 11 is 0. The summed E-state index contributed by atoms with van der Waals surface area (Å²) in [6.45, 7) is 11.4. The van der Waals surface area contributed by atoms with Crippen LogP contribution in [-0.2, 0) is 10.8 Å². The summed E-state index contributed by atoms with van der Waals surface area (Å²) in [5, 5.41) is 89.9. The molecule has 28 aromatic carbocycles.